The lowest BCUT2D eigenvalue weighted by atomic mass is 10.0. The molecule has 11 N–H and O–H groups in total. The number of nitrogens with one attached hydrogen (secondary N) is 4. The van der Waals surface area contributed by atoms with Crippen molar-refractivity contribution >= 4 is 29.7 Å². The number of aliphatic imine (C=N–C) groups is 1. The number of benzene rings is 1. The molecule has 0 aliphatic rings. The van der Waals surface area contributed by atoms with Gasteiger partial charge in [-0.1, -0.05) is 30.3 Å². The van der Waals surface area contributed by atoms with Gasteiger partial charge in [-0.3, -0.25) is 19.4 Å². The Morgan fingerprint density at radius 1 is 0.973 bits per heavy atom. The monoisotopic (exact) mass is 515 g/mol. The number of carbonyl (C=O) groups excluding carboxylic acids is 3. The maximum absolute atomic E-state index is 13.2. The number of H-pyrrole nitrogens is 1. The van der Waals surface area contributed by atoms with Gasteiger partial charge in [0.05, 0.1) is 12.9 Å². The second-order valence-electron chi connectivity index (χ2n) is 8.20. The molecule has 3 amide bonds. The standard InChI is InChI=1S/C23H33N9O5/c24-11-19(33)30-18(10-15-12-27-13-29-15)21(35)32-17(9-14-5-2-1-3-6-14)20(34)31-16(22(36)37)7-4-8-28-23(25)26/h1-3,5-6,12-13,16-18H,4,7-11,24H2,(H,27,29)(H,30,33)(H,31,34)(H,32,35)(H,36,37)(H4,25,26,28). The highest BCUT2D eigenvalue weighted by molar-refractivity contribution is 5.93. The highest BCUT2D eigenvalue weighted by Crippen LogP contribution is 2.07. The summed E-state index contributed by atoms with van der Waals surface area (Å²) in [6.07, 6.45) is 3.46. The van der Waals surface area contributed by atoms with E-state index in [1.807, 2.05) is 0 Å². The van der Waals surface area contributed by atoms with Crippen molar-refractivity contribution in [3.8, 4) is 0 Å². The van der Waals surface area contributed by atoms with E-state index in [2.05, 4.69) is 30.9 Å². The van der Waals surface area contributed by atoms with Crippen LogP contribution in [0.15, 0.2) is 47.8 Å². The Balaban J connectivity index is 2.19. The first-order valence-electron chi connectivity index (χ1n) is 11.6. The van der Waals surface area contributed by atoms with Crippen LogP contribution in [0.2, 0.25) is 0 Å². The minimum absolute atomic E-state index is 0.0683. The summed E-state index contributed by atoms with van der Waals surface area (Å²) in [5.41, 5.74) is 17.3. The molecule has 0 fully saturated rings. The largest absolute Gasteiger partial charge is 0.480 e. The van der Waals surface area contributed by atoms with Crippen LogP contribution in [0, 0.1) is 0 Å². The van der Waals surface area contributed by atoms with E-state index in [4.69, 9.17) is 17.2 Å². The third-order valence-corrected chi connectivity index (χ3v) is 5.29. The summed E-state index contributed by atoms with van der Waals surface area (Å²) >= 11 is 0. The number of hydrogen-bond donors (Lipinski definition) is 8. The number of carboxylic acids is 1. The van der Waals surface area contributed by atoms with Gasteiger partial charge < -0.3 is 43.2 Å². The molecule has 0 saturated heterocycles. The Kier molecular flexibility index (Phi) is 11.5. The minimum Gasteiger partial charge on any atom is -0.480 e. The molecular formula is C23H33N9O5. The lowest BCUT2D eigenvalue weighted by Gasteiger charge is -2.24. The van der Waals surface area contributed by atoms with Crippen LogP contribution >= 0.6 is 0 Å². The molecule has 3 atom stereocenters. The number of carboxylic acid groups (broad SMARTS) is 1. The van der Waals surface area contributed by atoms with E-state index in [9.17, 15) is 24.3 Å². The fourth-order valence-electron chi connectivity index (χ4n) is 3.44. The summed E-state index contributed by atoms with van der Waals surface area (Å²) in [5, 5.41) is 17.2. The Morgan fingerprint density at radius 2 is 1.62 bits per heavy atom. The number of carbonyl (C=O) groups is 4. The number of nitrogens with two attached hydrogens (primary N) is 3. The zero-order chi connectivity index (χ0) is 27.2. The van der Waals surface area contributed by atoms with Gasteiger partial charge in [0, 0.05) is 31.3 Å². The first-order valence-corrected chi connectivity index (χ1v) is 11.6. The molecule has 1 heterocycles. The van der Waals surface area contributed by atoms with Crippen molar-refractivity contribution in [2.24, 2.45) is 22.2 Å². The number of amides is 3. The molecule has 3 unspecified atom stereocenters. The van der Waals surface area contributed by atoms with E-state index >= 15 is 0 Å². The van der Waals surface area contributed by atoms with Crippen LogP contribution in [0.4, 0.5) is 0 Å². The molecule has 37 heavy (non-hydrogen) atoms. The molecule has 200 valence electrons. The van der Waals surface area contributed by atoms with Gasteiger partial charge in [-0.05, 0) is 18.4 Å². The van der Waals surface area contributed by atoms with Gasteiger partial charge >= 0.3 is 5.97 Å². The van der Waals surface area contributed by atoms with Crippen molar-refractivity contribution in [1.82, 2.24) is 25.9 Å². The van der Waals surface area contributed by atoms with Gasteiger partial charge in [-0.2, -0.15) is 0 Å². The predicted octanol–water partition coefficient (Wildman–Crippen LogP) is -2.25. The van der Waals surface area contributed by atoms with Gasteiger partial charge in [0.25, 0.3) is 0 Å². The molecule has 0 aliphatic heterocycles. The van der Waals surface area contributed by atoms with Crippen LogP contribution in [0.25, 0.3) is 0 Å². The zero-order valence-corrected chi connectivity index (χ0v) is 20.2. The Labute approximate surface area is 213 Å². The van der Waals surface area contributed by atoms with E-state index < -0.39 is 41.8 Å². The second-order valence-corrected chi connectivity index (χ2v) is 8.20. The van der Waals surface area contributed by atoms with Gasteiger partial charge in [0.1, 0.15) is 18.1 Å². The lowest BCUT2D eigenvalue weighted by molar-refractivity contribution is -0.142. The smallest absolute Gasteiger partial charge is 0.326 e. The Bertz CT molecular complexity index is 1060. The summed E-state index contributed by atoms with van der Waals surface area (Å²) in [6.45, 7) is -0.136. The quantitative estimate of drug-likeness (QED) is 0.0724. The lowest BCUT2D eigenvalue weighted by Crippen LogP contribution is -2.57. The number of hydrogen-bond acceptors (Lipinski definition) is 7. The molecule has 0 aliphatic carbocycles. The molecule has 1 aromatic carbocycles. The maximum atomic E-state index is 13.2. The third-order valence-electron chi connectivity index (χ3n) is 5.29. The normalized spacial score (nSPS) is 13.0. The average Bonchev–Trinajstić information content (AvgIpc) is 3.38. The summed E-state index contributed by atoms with van der Waals surface area (Å²) in [5.74, 6) is -3.26. The number of aromatic nitrogens is 2. The first kappa shape index (κ1) is 28.8. The van der Waals surface area contributed by atoms with Crippen LogP contribution in [-0.2, 0) is 32.0 Å². The molecule has 2 aromatic rings. The molecule has 14 heteroatoms. The SMILES string of the molecule is NCC(=O)NC(Cc1cnc[nH]1)C(=O)NC(Cc1ccccc1)C(=O)NC(CCCN=C(N)N)C(=O)O. The number of aliphatic carboxylic acids is 1. The van der Waals surface area contributed by atoms with Crippen molar-refractivity contribution in [3.63, 3.8) is 0 Å². The fourth-order valence-corrected chi connectivity index (χ4v) is 3.44. The van der Waals surface area contributed by atoms with E-state index in [1.165, 1.54) is 12.5 Å². The molecule has 0 bridgehead atoms. The highest BCUT2D eigenvalue weighted by Gasteiger charge is 2.30. The van der Waals surface area contributed by atoms with Crippen LogP contribution < -0.4 is 33.2 Å². The molecule has 2 rings (SSSR count). The molecule has 1 aromatic heterocycles. The van der Waals surface area contributed by atoms with Gasteiger partial charge in [0.2, 0.25) is 17.7 Å². The topological polar surface area (TPSA) is 244 Å². The van der Waals surface area contributed by atoms with Crippen LogP contribution in [0.3, 0.4) is 0 Å². The zero-order valence-electron chi connectivity index (χ0n) is 20.2. The van der Waals surface area contributed by atoms with Crippen molar-refractivity contribution in [2.75, 3.05) is 13.1 Å². The van der Waals surface area contributed by atoms with Gasteiger partial charge in [-0.15, -0.1) is 0 Å². The van der Waals surface area contributed by atoms with E-state index in [1.54, 1.807) is 30.3 Å². The molecule has 14 nitrogen and oxygen atoms in total. The second kappa shape index (κ2) is 14.8. The number of imidazole rings is 1. The van der Waals surface area contributed by atoms with Crippen molar-refractivity contribution in [3.05, 3.63) is 54.1 Å². The summed E-state index contributed by atoms with van der Waals surface area (Å²) < 4.78 is 0. The number of nitrogens with zero attached hydrogens (tertiary/aromatic N) is 2. The fraction of sp³-hybridized carbons (Fsp3) is 0.391. The molecule has 0 radical (unpaired) electrons. The first-order chi connectivity index (χ1) is 17.7. The van der Waals surface area contributed by atoms with Gasteiger partial charge in [-0.25, -0.2) is 9.78 Å². The van der Waals surface area contributed by atoms with E-state index in [0.717, 1.165) is 5.56 Å². The van der Waals surface area contributed by atoms with E-state index in [-0.39, 0.29) is 38.3 Å². The van der Waals surface area contributed by atoms with Crippen molar-refractivity contribution in [2.45, 2.75) is 43.8 Å². The summed E-state index contributed by atoms with van der Waals surface area (Å²) in [7, 11) is 0. The number of aromatic amines is 1. The maximum Gasteiger partial charge on any atom is 0.326 e. The van der Waals surface area contributed by atoms with Crippen LogP contribution in [0.1, 0.15) is 24.1 Å². The predicted molar refractivity (Wildman–Crippen MR) is 135 cm³/mol. The Morgan fingerprint density at radius 3 is 2.19 bits per heavy atom. The van der Waals surface area contributed by atoms with Crippen molar-refractivity contribution in [1.29, 1.82) is 0 Å². The number of rotatable bonds is 15. The summed E-state index contributed by atoms with van der Waals surface area (Å²) in [6, 6.07) is 5.48. The molecule has 0 saturated carbocycles. The number of guanidine groups is 1. The summed E-state index contributed by atoms with van der Waals surface area (Å²) in [4.78, 5) is 60.6. The van der Waals surface area contributed by atoms with Crippen molar-refractivity contribution < 1.29 is 24.3 Å². The minimum atomic E-state index is -1.24. The van der Waals surface area contributed by atoms with Crippen LogP contribution in [-0.4, -0.2) is 75.9 Å². The van der Waals surface area contributed by atoms with E-state index in [0.29, 0.717) is 12.1 Å². The van der Waals surface area contributed by atoms with Crippen LogP contribution in [0.5, 0.6) is 0 Å². The third kappa shape index (κ3) is 10.4. The molecular weight excluding hydrogens is 482 g/mol. The highest BCUT2D eigenvalue weighted by atomic mass is 16.4. The average molecular weight is 516 g/mol. The Hall–Kier alpha value is -4.46. The molecule has 0 spiro atoms. The van der Waals surface area contributed by atoms with Gasteiger partial charge in [0.15, 0.2) is 5.96 Å².